The van der Waals surface area contributed by atoms with Gasteiger partial charge < -0.3 is 18.9 Å². The number of nitrogens with zero attached hydrogens (tertiary/aromatic N) is 6. The highest BCUT2D eigenvalue weighted by atomic mass is 16.2. The molecule has 0 bridgehead atoms. The van der Waals surface area contributed by atoms with E-state index in [1.807, 2.05) is 77.3 Å². The molecule has 1 fully saturated rings. The lowest BCUT2D eigenvalue weighted by Crippen LogP contribution is -2.35. The molecule has 5 rings (SSSR count). The average molecular weight is 526 g/mol. The number of fused-ring (bicyclic) bond motifs is 1. The second-order valence-electron chi connectivity index (χ2n) is 10.3. The quantitative estimate of drug-likeness (QED) is 0.360. The van der Waals surface area contributed by atoms with Crippen LogP contribution in [0, 0.1) is 6.92 Å². The molecule has 202 valence electrons. The summed E-state index contributed by atoms with van der Waals surface area (Å²) in [4.78, 5) is 39.6. The first-order chi connectivity index (χ1) is 18.9. The van der Waals surface area contributed by atoms with E-state index in [-0.39, 0.29) is 17.9 Å². The van der Waals surface area contributed by atoms with Crippen LogP contribution in [0.3, 0.4) is 0 Å². The third-order valence-corrected chi connectivity index (χ3v) is 7.08. The monoisotopic (exact) mass is 525 g/mol. The highest BCUT2D eigenvalue weighted by Gasteiger charge is 2.27. The number of hydrogen-bond donors (Lipinski definition) is 1. The van der Waals surface area contributed by atoms with E-state index in [1.54, 1.807) is 18.5 Å². The highest BCUT2D eigenvalue weighted by molar-refractivity contribution is 6.04. The number of para-hydroxylation sites is 1. The van der Waals surface area contributed by atoms with Gasteiger partial charge in [-0.15, -0.1) is 0 Å². The lowest BCUT2D eigenvalue weighted by molar-refractivity contribution is -0.126. The summed E-state index contributed by atoms with van der Waals surface area (Å²) in [6.07, 6.45) is 13.5. The number of pyridine rings is 1. The second-order valence-corrected chi connectivity index (χ2v) is 10.3. The number of aryl methyl sites for hydroxylation is 1. The standard InChI is InChI=1S/C30H35N7O2/c1-22-10-8-12-26-28(22)37(24-11-4-5-17-36(21-24)27(38)13-9-14-34(2)3)30(32-26)33-29(39)23-18-25(20-31-19-23)35-15-6-7-16-35/h6-10,12-13,15-16,18-20,24H,4-5,11,14,17,21H2,1-3H3,(H,32,33,39)/b13-9+/t24-/m1/s1. The minimum atomic E-state index is -0.279. The van der Waals surface area contributed by atoms with E-state index in [0.29, 0.717) is 31.1 Å². The van der Waals surface area contributed by atoms with Gasteiger partial charge in [-0.3, -0.25) is 19.9 Å². The third kappa shape index (κ3) is 5.93. The number of anilines is 1. The molecule has 0 saturated carbocycles. The molecule has 3 aromatic heterocycles. The number of rotatable bonds is 7. The van der Waals surface area contributed by atoms with Gasteiger partial charge in [-0.2, -0.15) is 0 Å². The van der Waals surface area contributed by atoms with E-state index in [2.05, 4.69) is 27.9 Å². The van der Waals surface area contributed by atoms with Crippen molar-refractivity contribution < 1.29 is 9.59 Å². The number of carbonyl (C=O) groups is 2. The fraction of sp³-hybridized carbons (Fsp3) is 0.333. The van der Waals surface area contributed by atoms with E-state index in [9.17, 15) is 9.59 Å². The fourth-order valence-electron chi connectivity index (χ4n) is 5.14. The average Bonchev–Trinajstić information content (AvgIpc) is 3.52. The Hall–Kier alpha value is -4.24. The first kappa shape index (κ1) is 26.4. The Kier molecular flexibility index (Phi) is 7.88. The first-order valence-electron chi connectivity index (χ1n) is 13.4. The van der Waals surface area contributed by atoms with Crippen molar-refractivity contribution in [2.45, 2.75) is 32.2 Å². The smallest absolute Gasteiger partial charge is 0.259 e. The summed E-state index contributed by atoms with van der Waals surface area (Å²) in [7, 11) is 3.96. The number of likely N-dealkylation sites (tertiary alicyclic amines) is 1. The largest absolute Gasteiger partial charge is 0.337 e. The number of likely N-dealkylation sites (N-methyl/N-ethyl adjacent to an activating group) is 1. The molecule has 2 amide bonds. The topological polar surface area (TPSA) is 88.3 Å². The number of amides is 2. The van der Waals surface area contributed by atoms with Gasteiger partial charge >= 0.3 is 0 Å². The normalized spacial score (nSPS) is 16.2. The van der Waals surface area contributed by atoms with Crippen molar-refractivity contribution >= 4 is 28.8 Å². The third-order valence-electron chi connectivity index (χ3n) is 7.08. The summed E-state index contributed by atoms with van der Waals surface area (Å²) < 4.78 is 4.04. The number of nitrogens with one attached hydrogen (secondary N) is 1. The summed E-state index contributed by atoms with van der Waals surface area (Å²) in [5.74, 6) is 0.223. The molecular formula is C30H35N7O2. The van der Waals surface area contributed by atoms with Crippen molar-refractivity contribution in [1.29, 1.82) is 0 Å². The van der Waals surface area contributed by atoms with Gasteiger partial charge in [0.1, 0.15) is 0 Å². The second kappa shape index (κ2) is 11.7. The number of aromatic nitrogens is 4. The van der Waals surface area contributed by atoms with E-state index in [0.717, 1.165) is 41.5 Å². The van der Waals surface area contributed by atoms with Gasteiger partial charge in [-0.05, 0) is 70.1 Å². The predicted molar refractivity (Wildman–Crippen MR) is 153 cm³/mol. The minimum Gasteiger partial charge on any atom is -0.337 e. The molecule has 1 aromatic carbocycles. The first-order valence-corrected chi connectivity index (χ1v) is 13.4. The summed E-state index contributed by atoms with van der Waals surface area (Å²) in [5.41, 5.74) is 4.12. The van der Waals surface area contributed by atoms with Crippen molar-refractivity contribution in [2.24, 2.45) is 0 Å². The molecule has 1 aliphatic rings. The summed E-state index contributed by atoms with van der Waals surface area (Å²) in [6, 6.07) is 11.6. The zero-order chi connectivity index (χ0) is 27.4. The van der Waals surface area contributed by atoms with Crippen molar-refractivity contribution in [1.82, 2.24) is 28.9 Å². The van der Waals surface area contributed by atoms with E-state index in [1.165, 1.54) is 0 Å². The molecule has 1 N–H and O–H groups in total. The molecule has 0 spiro atoms. The van der Waals surface area contributed by atoms with Crippen LogP contribution >= 0.6 is 0 Å². The number of benzene rings is 1. The molecule has 39 heavy (non-hydrogen) atoms. The van der Waals surface area contributed by atoms with E-state index < -0.39 is 0 Å². The maximum atomic E-state index is 13.5. The number of carbonyl (C=O) groups excluding carboxylic acids is 2. The van der Waals surface area contributed by atoms with Crippen LogP contribution in [0.5, 0.6) is 0 Å². The Morgan fingerprint density at radius 1 is 1.13 bits per heavy atom. The molecule has 4 aromatic rings. The molecule has 0 aliphatic carbocycles. The molecule has 4 heterocycles. The van der Waals surface area contributed by atoms with Crippen molar-refractivity contribution in [3.8, 4) is 5.69 Å². The van der Waals surface area contributed by atoms with Gasteiger partial charge in [0.25, 0.3) is 5.91 Å². The Bertz CT molecular complexity index is 1490. The highest BCUT2D eigenvalue weighted by Crippen LogP contribution is 2.32. The van der Waals surface area contributed by atoms with Gasteiger partial charge in [0.2, 0.25) is 11.9 Å². The molecule has 9 heteroatoms. The minimum absolute atomic E-state index is 0.0170. The maximum absolute atomic E-state index is 13.5. The molecule has 1 aliphatic heterocycles. The van der Waals surface area contributed by atoms with Crippen LogP contribution in [0.2, 0.25) is 0 Å². The van der Waals surface area contributed by atoms with Gasteiger partial charge in [-0.1, -0.05) is 18.2 Å². The summed E-state index contributed by atoms with van der Waals surface area (Å²) in [6.45, 7) is 4.04. The Morgan fingerprint density at radius 3 is 2.74 bits per heavy atom. The summed E-state index contributed by atoms with van der Waals surface area (Å²) >= 11 is 0. The van der Waals surface area contributed by atoms with Crippen LogP contribution < -0.4 is 5.32 Å². The van der Waals surface area contributed by atoms with Crippen LogP contribution in [0.1, 0.15) is 41.2 Å². The molecule has 0 radical (unpaired) electrons. The van der Waals surface area contributed by atoms with E-state index >= 15 is 0 Å². The van der Waals surface area contributed by atoms with Crippen molar-refractivity contribution in [2.75, 3.05) is 39.0 Å². The maximum Gasteiger partial charge on any atom is 0.259 e. The van der Waals surface area contributed by atoms with Crippen molar-refractivity contribution in [3.05, 3.63) is 84.5 Å². The molecule has 9 nitrogen and oxygen atoms in total. The van der Waals surface area contributed by atoms with Gasteiger partial charge in [0, 0.05) is 44.3 Å². The van der Waals surface area contributed by atoms with E-state index in [4.69, 9.17) is 4.98 Å². The predicted octanol–water partition coefficient (Wildman–Crippen LogP) is 4.45. The van der Waals surface area contributed by atoms with Gasteiger partial charge in [0.15, 0.2) is 0 Å². The van der Waals surface area contributed by atoms with Gasteiger partial charge in [0.05, 0.1) is 34.5 Å². The zero-order valence-corrected chi connectivity index (χ0v) is 22.7. The molecule has 0 unspecified atom stereocenters. The van der Waals surface area contributed by atoms with Crippen molar-refractivity contribution in [3.63, 3.8) is 0 Å². The molecule has 1 atom stereocenters. The van der Waals surface area contributed by atoms with Crippen LogP contribution in [-0.4, -0.2) is 74.4 Å². The summed E-state index contributed by atoms with van der Waals surface area (Å²) in [5, 5.41) is 3.07. The Balaban J connectivity index is 1.46. The fourth-order valence-corrected chi connectivity index (χ4v) is 5.14. The zero-order valence-electron chi connectivity index (χ0n) is 22.7. The Labute approximate surface area is 228 Å². The van der Waals surface area contributed by atoms with Crippen LogP contribution in [0.4, 0.5) is 5.95 Å². The molecular weight excluding hydrogens is 490 g/mol. The number of hydrogen-bond acceptors (Lipinski definition) is 5. The van der Waals surface area contributed by atoms with Crippen LogP contribution in [-0.2, 0) is 4.79 Å². The molecule has 1 saturated heterocycles. The lowest BCUT2D eigenvalue weighted by Gasteiger charge is -2.26. The lowest BCUT2D eigenvalue weighted by atomic mass is 10.1. The van der Waals surface area contributed by atoms with Crippen LogP contribution in [0.15, 0.2) is 73.3 Å². The Morgan fingerprint density at radius 2 is 1.95 bits per heavy atom. The number of imidazole rings is 1. The van der Waals surface area contributed by atoms with Crippen LogP contribution in [0.25, 0.3) is 16.7 Å². The SMILES string of the molecule is Cc1cccc2nc(NC(=O)c3cncc(-n4cccc4)c3)n([C@@H]3CCCCN(C(=O)/C=C/CN(C)C)C3)c12. The van der Waals surface area contributed by atoms with Gasteiger partial charge in [-0.25, -0.2) is 4.98 Å².